The molecule has 0 aliphatic carbocycles. The van der Waals surface area contributed by atoms with Gasteiger partial charge in [-0.3, -0.25) is 25.2 Å². The number of carbonyl (C=O) groups excluding carboxylic acids is 3. The van der Waals surface area contributed by atoms with Crippen molar-refractivity contribution in [2.75, 3.05) is 29.6 Å². The van der Waals surface area contributed by atoms with E-state index in [9.17, 15) is 19.5 Å². The van der Waals surface area contributed by atoms with Crippen molar-refractivity contribution in [2.24, 2.45) is 0 Å². The van der Waals surface area contributed by atoms with Crippen LogP contribution in [0.2, 0.25) is 0 Å². The highest BCUT2D eigenvalue weighted by Crippen LogP contribution is 2.42. The van der Waals surface area contributed by atoms with Crippen LogP contribution in [0.3, 0.4) is 0 Å². The predicted molar refractivity (Wildman–Crippen MR) is 233 cm³/mol. The van der Waals surface area contributed by atoms with Crippen LogP contribution in [0.15, 0.2) is 86.4 Å². The van der Waals surface area contributed by atoms with E-state index in [1.165, 1.54) is 52.9 Å². The SMILES string of the molecule is CCC(C)(C)c1ccc(OCCCCNC(=O)c2cc(Sc3nnc(SCC(=O)Nc4cccc(NNC(C)=O)c4)s3)c3ccccc3c2O)c(C(C)(C)CC)c1. The number of phenols is 1. The summed E-state index contributed by atoms with van der Waals surface area (Å²) in [7, 11) is 0. The van der Waals surface area contributed by atoms with Crippen molar-refractivity contribution >= 4 is 74.7 Å². The summed E-state index contributed by atoms with van der Waals surface area (Å²) in [4.78, 5) is 38.1. The molecule has 0 atom stereocenters. The van der Waals surface area contributed by atoms with Gasteiger partial charge in [0, 0.05) is 35.0 Å². The zero-order valence-corrected chi connectivity index (χ0v) is 36.0. The monoisotopic (exact) mass is 828 g/mol. The first-order chi connectivity index (χ1) is 27.2. The average Bonchev–Trinajstić information content (AvgIpc) is 3.65. The number of rotatable bonds is 19. The van der Waals surface area contributed by atoms with Crippen LogP contribution >= 0.6 is 34.9 Å². The van der Waals surface area contributed by atoms with Crippen molar-refractivity contribution in [3.05, 3.63) is 89.5 Å². The van der Waals surface area contributed by atoms with E-state index in [4.69, 9.17) is 4.74 Å². The quantitative estimate of drug-likeness (QED) is 0.0309. The van der Waals surface area contributed by atoms with Crippen molar-refractivity contribution < 1.29 is 24.2 Å². The van der Waals surface area contributed by atoms with E-state index in [0.29, 0.717) is 45.0 Å². The maximum Gasteiger partial charge on any atom is 0.255 e. The highest BCUT2D eigenvalue weighted by atomic mass is 32.2. The minimum absolute atomic E-state index is 0.0258. The molecular formula is C43H52N6O5S3. The van der Waals surface area contributed by atoms with Crippen LogP contribution in [-0.4, -0.2) is 51.9 Å². The van der Waals surface area contributed by atoms with Crippen molar-refractivity contribution in [1.29, 1.82) is 0 Å². The second-order valence-corrected chi connectivity index (χ2v) is 18.5. The molecule has 3 amide bonds. The number of unbranched alkanes of at least 4 members (excludes halogenated alkanes) is 1. The van der Waals surface area contributed by atoms with Gasteiger partial charge in [-0.25, -0.2) is 0 Å². The number of hydrazine groups is 1. The summed E-state index contributed by atoms with van der Waals surface area (Å²) in [5.41, 5.74) is 9.27. The fraction of sp³-hybridized carbons (Fsp3) is 0.372. The number of amides is 3. The number of aromatic nitrogens is 2. The number of carbonyl (C=O) groups is 3. The summed E-state index contributed by atoms with van der Waals surface area (Å²) in [6.45, 7) is 15.8. The van der Waals surface area contributed by atoms with E-state index in [2.05, 4.69) is 91.4 Å². The summed E-state index contributed by atoms with van der Waals surface area (Å²) in [5.74, 6) is 0.133. The lowest BCUT2D eigenvalue weighted by Gasteiger charge is -2.30. The molecule has 5 rings (SSSR count). The third-order valence-corrected chi connectivity index (χ3v) is 13.2. The number of nitrogens with one attached hydrogen (secondary N) is 4. The number of aromatic hydroxyl groups is 1. The fourth-order valence-electron chi connectivity index (χ4n) is 5.84. The van der Waals surface area contributed by atoms with E-state index in [-0.39, 0.29) is 45.6 Å². The van der Waals surface area contributed by atoms with Gasteiger partial charge in [0.2, 0.25) is 11.8 Å². The van der Waals surface area contributed by atoms with Crippen LogP contribution < -0.4 is 26.2 Å². The largest absolute Gasteiger partial charge is 0.506 e. The molecular weight excluding hydrogens is 777 g/mol. The van der Waals surface area contributed by atoms with Gasteiger partial charge < -0.3 is 20.5 Å². The highest BCUT2D eigenvalue weighted by molar-refractivity contribution is 8.03. The standard InChI is InChI=1S/C43H52N6O5S3/c1-8-42(4,5)28-19-20-35(34(23-28)43(6,7)9-2)54-22-13-12-21-44-39(53)33-25-36(31-17-10-11-18-32(31)38(33)52)56-41-49-48-40(57-41)55-26-37(51)45-29-15-14-16-30(24-29)47-46-27(3)50/h10-11,14-20,23-25,47,52H,8-9,12-13,21-22,26H2,1-7H3,(H,44,53)(H,45,51)(H,46,50). The first kappa shape index (κ1) is 43.3. The predicted octanol–water partition coefficient (Wildman–Crippen LogP) is 9.71. The minimum atomic E-state index is -0.363. The van der Waals surface area contributed by atoms with Gasteiger partial charge in [0.1, 0.15) is 11.5 Å². The second-order valence-electron chi connectivity index (χ2n) is 15.0. The zero-order valence-electron chi connectivity index (χ0n) is 33.6. The van der Waals surface area contributed by atoms with Crippen molar-refractivity contribution in [3.63, 3.8) is 0 Å². The Kier molecular flexibility index (Phi) is 14.9. The molecule has 0 spiro atoms. The van der Waals surface area contributed by atoms with Gasteiger partial charge in [-0.15, -0.1) is 10.2 Å². The third kappa shape index (κ3) is 11.6. The fourth-order valence-corrected chi connectivity index (χ4v) is 8.79. The van der Waals surface area contributed by atoms with Crippen molar-refractivity contribution in [1.82, 2.24) is 20.9 Å². The van der Waals surface area contributed by atoms with E-state index in [1.54, 1.807) is 36.4 Å². The molecule has 0 radical (unpaired) electrons. The van der Waals surface area contributed by atoms with Gasteiger partial charge in [0.25, 0.3) is 5.91 Å². The Bertz CT molecular complexity index is 2210. The van der Waals surface area contributed by atoms with Crippen LogP contribution in [0, 0.1) is 0 Å². The number of nitrogens with zero attached hydrogens (tertiary/aromatic N) is 2. The lowest BCUT2D eigenvalue weighted by atomic mass is 9.76. The molecule has 0 aliphatic heterocycles. The summed E-state index contributed by atoms with van der Waals surface area (Å²) in [6, 6.07) is 22.7. The molecule has 0 saturated heterocycles. The number of anilines is 2. The van der Waals surface area contributed by atoms with Gasteiger partial charge in [-0.2, -0.15) is 0 Å². The molecule has 4 aromatic carbocycles. The summed E-state index contributed by atoms with van der Waals surface area (Å²) >= 11 is 3.95. The molecule has 0 unspecified atom stereocenters. The maximum atomic E-state index is 13.5. The summed E-state index contributed by atoms with van der Waals surface area (Å²) in [6.07, 6.45) is 3.51. The van der Waals surface area contributed by atoms with Gasteiger partial charge in [0.15, 0.2) is 8.68 Å². The zero-order chi connectivity index (χ0) is 41.2. The van der Waals surface area contributed by atoms with Crippen LogP contribution in [0.25, 0.3) is 10.8 Å². The number of hydrogen-bond acceptors (Lipinski definition) is 11. The number of benzene rings is 4. The van der Waals surface area contributed by atoms with E-state index >= 15 is 0 Å². The molecule has 57 heavy (non-hydrogen) atoms. The Morgan fingerprint density at radius 1 is 0.842 bits per heavy atom. The first-order valence-corrected chi connectivity index (χ1v) is 21.7. The number of phenolic OH excluding ortho intramolecular Hbond substituents is 1. The van der Waals surface area contributed by atoms with Gasteiger partial charge in [0.05, 0.1) is 23.6 Å². The van der Waals surface area contributed by atoms with E-state index < -0.39 is 0 Å². The first-order valence-electron chi connectivity index (χ1n) is 19.1. The third-order valence-electron chi connectivity index (χ3n) is 10.0. The van der Waals surface area contributed by atoms with Crippen LogP contribution in [0.1, 0.15) is 95.6 Å². The normalized spacial score (nSPS) is 11.6. The molecule has 14 heteroatoms. The molecule has 302 valence electrons. The average molecular weight is 829 g/mol. The van der Waals surface area contributed by atoms with E-state index in [0.717, 1.165) is 35.3 Å². The Labute approximate surface area is 347 Å². The lowest BCUT2D eigenvalue weighted by Crippen LogP contribution is -2.26. The minimum Gasteiger partial charge on any atom is -0.506 e. The van der Waals surface area contributed by atoms with Crippen LogP contribution in [-0.2, 0) is 20.4 Å². The molecule has 1 heterocycles. The highest BCUT2D eigenvalue weighted by Gasteiger charge is 2.27. The lowest BCUT2D eigenvalue weighted by molar-refractivity contribution is -0.118. The van der Waals surface area contributed by atoms with E-state index in [1.807, 2.05) is 18.2 Å². The molecule has 0 bridgehead atoms. The molecule has 0 saturated carbocycles. The van der Waals surface area contributed by atoms with Gasteiger partial charge >= 0.3 is 0 Å². The number of ether oxygens (including phenoxy) is 1. The van der Waals surface area contributed by atoms with Gasteiger partial charge in [-0.05, 0) is 77.8 Å². The van der Waals surface area contributed by atoms with Crippen molar-refractivity contribution in [2.45, 2.75) is 98.6 Å². The molecule has 0 aliphatic rings. The smallest absolute Gasteiger partial charge is 0.255 e. The number of hydrogen-bond donors (Lipinski definition) is 5. The summed E-state index contributed by atoms with van der Waals surface area (Å²) in [5, 5.41) is 27.0. The Morgan fingerprint density at radius 2 is 1.56 bits per heavy atom. The Balaban J connectivity index is 1.16. The van der Waals surface area contributed by atoms with Crippen LogP contribution in [0.4, 0.5) is 11.4 Å². The Morgan fingerprint density at radius 3 is 2.30 bits per heavy atom. The second kappa shape index (κ2) is 19.6. The topological polar surface area (TPSA) is 155 Å². The van der Waals surface area contributed by atoms with Crippen LogP contribution in [0.5, 0.6) is 11.5 Å². The molecule has 1 aromatic heterocycles. The molecule has 0 fully saturated rings. The summed E-state index contributed by atoms with van der Waals surface area (Å²) < 4.78 is 7.57. The number of thioether (sulfide) groups is 1. The maximum absolute atomic E-state index is 13.5. The number of fused-ring (bicyclic) bond motifs is 1. The Hall–Kier alpha value is -4.79. The van der Waals surface area contributed by atoms with Gasteiger partial charge in [-0.1, -0.05) is 119 Å². The molecule has 11 nitrogen and oxygen atoms in total. The molecule has 5 aromatic rings. The molecule has 5 N–H and O–H groups in total. The van der Waals surface area contributed by atoms with Crippen molar-refractivity contribution in [3.8, 4) is 11.5 Å².